The summed E-state index contributed by atoms with van der Waals surface area (Å²) in [5.74, 6) is 10.3. The standard InChI is InChI=1S/C52H43N.C46H37NO.C46H39N/c1-3-9-37(10-4-1)39-15-17-40(18-16-39)42-21-25-46(26-22-42)53(45-23-19-41(20-24-45)38-11-5-2-6-12-38)47-27-28-51-49(34-47)48-13-7-8-14-50(48)52(51)43-30-35-29-36(32-43)33-44(52)31-35;1-2-8-31(9-3-1)32-14-16-35(17-15-32)47(37-19-21-45-41(28-37)39-11-5-7-13-44(39)48-45)36-18-20-43-40(27-36)38-10-4-6-12-42(38)46(43)33-23-29-22-30(25-33)26-34(46)24-29;1-3-10-33(11-4-1)35-18-20-39(21-19-35)47(40-15-9-14-36(29-40)34-12-5-2-6-13-34)41-22-23-45-43(30-41)42-16-7-8-17-44(42)46(45)37-25-31-24-32(27-37)28-38(46)26-31/h1-28,34-36,43-44H,29-33H2;1-21,27-30,33-34H,22-26H2;1-23,29-32,37-38H,24-28H2. The molecule has 15 aliphatic rings. The molecule has 0 radical (unpaired) electrons. The first-order valence-electron chi connectivity index (χ1n) is 55.1. The summed E-state index contributed by atoms with van der Waals surface area (Å²) in [7, 11) is 0. The Morgan fingerprint density at radius 1 is 0.149 bits per heavy atom. The Labute approximate surface area is 870 Å². The number of rotatable bonds is 15. The van der Waals surface area contributed by atoms with Gasteiger partial charge in [0.15, 0.2) is 0 Å². The Morgan fingerprint density at radius 3 is 0.696 bits per heavy atom. The molecule has 15 aliphatic carbocycles. The van der Waals surface area contributed by atoms with Gasteiger partial charge in [-0.3, -0.25) is 0 Å². The predicted molar refractivity (Wildman–Crippen MR) is 613 cm³/mol. The second kappa shape index (κ2) is 35.3. The number of nitrogens with zero attached hydrogens (tertiary/aromatic N) is 3. The van der Waals surface area contributed by atoms with E-state index in [0.717, 1.165) is 110 Å². The summed E-state index contributed by atoms with van der Waals surface area (Å²) in [6.07, 6.45) is 21.3. The highest BCUT2D eigenvalue weighted by molar-refractivity contribution is 6.07. The maximum atomic E-state index is 6.25. The topological polar surface area (TPSA) is 22.9 Å². The van der Waals surface area contributed by atoms with Gasteiger partial charge in [-0.15, -0.1) is 0 Å². The third kappa shape index (κ3) is 14.2. The van der Waals surface area contributed by atoms with Crippen LogP contribution in [0.3, 0.4) is 0 Å². The van der Waals surface area contributed by atoms with Gasteiger partial charge in [0.1, 0.15) is 11.2 Å². The van der Waals surface area contributed by atoms with Crippen molar-refractivity contribution in [2.24, 2.45) is 71.0 Å². The molecule has 148 heavy (non-hydrogen) atoms. The third-order valence-corrected chi connectivity index (χ3v) is 38.4. The lowest BCUT2D eigenvalue weighted by Crippen LogP contribution is -2.55. The van der Waals surface area contributed by atoms with Crippen molar-refractivity contribution in [2.45, 2.75) is 113 Å². The summed E-state index contributed by atoms with van der Waals surface area (Å²) in [5, 5.41) is 2.30. The van der Waals surface area contributed by atoms with Crippen LogP contribution in [-0.4, -0.2) is 0 Å². The summed E-state index contributed by atoms with van der Waals surface area (Å²) >= 11 is 0. The summed E-state index contributed by atoms with van der Waals surface area (Å²) in [5.41, 5.74) is 46.2. The van der Waals surface area contributed by atoms with Gasteiger partial charge in [0.2, 0.25) is 0 Å². The maximum Gasteiger partial charge on any atom is 0.135 e. The van der Waals surface area contributed by atoms with Crippen LogP contribution in [0.5, 0.6) is 0 Å². The molecule has 35 rings (SSSR count). The lowest BCUT2D eigenvalue weighted by molar-refractivity contribution is -0.0399. The van der Waals surface area contributed by atoms with Gasteiger partial charge < -0.3 is 19.1 Å². The Balaban J connectivity index is 0.000000103. The monoisotopic (exact) mass is 1910 g/mol. The van der Waals surface area contributed by atoms with Crippen LogP contribution < -0.4 is 14.7 Å². The summed E-state index contributed by atoms with van der Waals surface area (Å²) < 4.78 is 6.25. The van der Waals surface area contributed by atoms with E-state index in [-0.39, 0.29) is 16.2 Å². The van der Waals surface area contributed by atoms with Gasteiger partial charge in [-0.1, -0.05) is 346 Å². The second-order valence-electron chi connectivity index (χ2n) is 45.8. The molecule has 12 bridgehead atoms. The largest absolute Gasteiger partial charge is 0.456 e. The second-order valence-corrected chi connectivity index (χ2v) is 45.8. The SMILES string of the molecule is c1ccc(-c2ccc(-c3ccc(N(c4ccc(-c5ccccc5)cc4)c4ccc5c(c4)-c4ccccc4C54C5CC6CC(C5)CC4C6)cc3)cc2)cc1.c1ccc(-c2ccc(N(c3ccc4c(c3)-c3ccccc3C43C4CC5CC(C4)CC3C5)c3ccc4oc5ccccc5c4c3)cc2)cc1.c1ccc(-c2ccc(N(c3cccc(-c4ccccc4)c3)c3ccc4c(c3)-c3ccccc3C43C4CC5CC(C4)CC3C5)cc2)cc1. The molecule has 0 atom stereocenters. The molecule has 716 valence electrons. The zero-order chi connectivity index (χ0) is 97.3. The van der Waals surface area contributed by atoms with Crippen molar-refractivity contribution in [3.8, 4) is 100 Å². The first kappa shape index (κ1) is 87.7. The van der Waals surface area contributed by atoms with Gasteiger partial charge in [0.05, 0.1) is 0 Å². The molecular weight excluding hydrogens is 1790 g/mol. The van der Waals surface area contributed by atoms with E-state index < -0.39 is 0 Å². The zero-order valence-corrected chi connectivity index (χ0v) is 83.7. The van der Waals surface area contributed by atoms with Gasteiger partial charge in [0.25, 0.3) is 0 Å². The van der Waals surface area contributed by atoms with Gasteiger partial charge >= 0.3 is 0 Å². The number of hydrogen-bond donors (Lipinski definition) is 0. The van der Waals surface area contributed by atoms with Crippen molar-refractivity contribution >= 4 is 73.1 Å². The molecule has 19 aromatic carbocycles. The van der Waals surface area contributed by atoms with E-state index in [1.54, 1.807) is 33.4 Å². The highest BCUT2D eigenvalue weighted by atomic mass is 16.3. The van der Waals surface area contributed by atoms with Gasteiger partial charge in [0, 0.05) is 78.2 Å². The predicted octanol–water partition coefficient (Wildman–Crippen LogP) is 38.5. The molecule has 4 nitrogen and oxygen atoms in total. The fourth-order valence-corrected chi connectivity index (χ4v) is 33.1. The molecule has 3 spiro atoms. The van der Waals surface area contributed by atoms with Crippen molar-refractivity contribution in [3.05, 3.63) is 500 Å². The molecule has 0 saturated heterocycles. The van der Waals surface area contributed by atoms with Crippen LogP contribution in [0.2, 0.25) is 0 Å². The lowest BCUT2D eigenvalue weighted by Gasteiger charge is -2.61. The van der Waals surface area contributed by atoms with E-state index in [1.165, 1.54) is 231 Å². The number of anilines is 9. The Morgan fingerprint density at radius 2 is 0.372 bits per heavy atom. The molecule has 0 aliphatic heterocycles. The Kier molecular flexibility index (Phi) is 21.0. The number of fused-ring (bicyclic) bond motifs is 12. The van der Waals surface area contributed by atoms with Crippen LogP contribution in [0.4, 0.5) is 51.2 Å². The normalized spacial score (nSPS) is 24.2. The van der Waals surface area contributed by atoms with Crippen molar-refractivity contribution in [2.75, 3.05) is 14.7 Å². The van der Waals surface area contributed by atoms with Crippen LogP contribution in [0.25, 0.3) is 122 Å². The summed E-state index contributed by atoms with van der Waals surface area (Å²) in [4.78, 5) is 7.37. The molecule has 1 aromatic heterocycles. The lowest BCUT2D eigenvalue weighted by atomic mass is 9.43. The van der Waals surface area contributed by atoms with Crippen LogP contribution >= 0.6 is 0 Å². The highest BCUT2D eigenvalue weighted by Gasteiger charge is 2.65. The van der Waals surface area contributed by atoms with E-state index >= 15 is 0 Å². The smallest absolute Gasteiger partial charge is 0.135 e. The quantitative estimate of drug-likeness (QED) is 0.102. The minimum atomic E-state index is 0.175. The minimum absolute atomic E-state index is 0.175. The van der Waals surface area contributed by atoms with Gasteiger partial charge in [-0.2, -0.15) is 0 Å². The zero-order valence-electron chi connectivity index (χ0n) is 83.7. The molecule has 4 heteroatoms. The van der Waals surface area contributed by atoms with Crippen molar-refractivity contribution in [3.63, 3.8) is 0 Å². The molecular formula is C144H119N3O. The van der Waals surface area contributed by atoms with Crippen molar-refractivity contribution in [1.29, 1.82) is 0 Å². The van der Waals surface area contributed by atoms with Crippen LogP contribution in [0.1, 0.15) is 130 Å². The summed E-state index contributed by atoms with van der Waals surface area (Å²) in [6, 6.07) is 174. The number of furan rings is 1. The average Bonchev–Trinajstić information content (AvgIpc) is 1.52. The Bertz CT molecular complexity index is 8370. The molecule has 20 aromatic rings. The van der Waals surface area contributed by atoms with E-state index in [9.17, 15) is 0 Å². The number of benzene rings is 19. The molecule has 0 unspecified atom stereocenters. The molecule has 0 N–H and O–H groups in total. The van der Waals surface area contributed by atoms with Crippen LogP contribution in [-0.2, 0) is 16.2 Å². The molecule has 1 heterocycles. The minimum Gasteiger partial charge on any atom is -0.456 e. The van der Waals surface area contributed by atoms with E-state index in [4.69, 9.17) is 4.42 Å². The van der Waals surface area contributed by atoms with E-state index in [0.29, 0.717) is 0 Å². The first-order valence-corrected chi connectivity index (χ1v) is 55.1. The number of hydrogen-bond acceptors (Lipinski definition) is 4. The van der Waals surface area contributed by atoms with Gasteiger partial charge in [-0.05, 0) is 422 Å². The first-order chi connectivity index (χ1) is 73.2. The van der Waals surface area contributed by atoms with Crippen molar-refractivity contribution in [1.82, 2.24) is 0 Å². The Hall–Kier alpha value is -15.6. The number of para-hydroxylation sites is 1. The van der Waals surface area contributed by atoms with Crippen LogP contribution in [0, 0.1) is 71.0 Å². The van der Waals surface area contributed by atoms with Gasteiger partial charge in [-0.25, -0.2) is 0 Å². The van der Waals surface area contributed by atoms with E-state index in [2.05, 4.69) is 476 Å². The molecule has 12 saturated carbocycles. The fourth-order valence-electron chi connectivity index (χ4n) is 33.1. The third-order valence-electron chi connectivity index (χ3n) is 38.4. The highest BCUT2D eigenvalue weighted by Crippen LogP contribution is 2.74. The van der Waals surface area contributed by atoms with Crippen LogP contribution in [0.15, 0.2) is 472 Å². The van der Waals surface area contributed by atoms with E-state index in [1.807, 2.05) is 6.07 Å². The summed E-state index contributed by atoms with van der Waals surface area (Å²) in [6.45, 7) is 0. The van der Waals surface area contributed by atoms with Crippen molar-refractivity contribution < 1.29 is 4.42 Å². The fraction of sp³-hybridized carbons (Fsp3) is 0.208. The maximum absolute atomic E-state index is 6.25. The molecule has 0 amide bonds. The molecule has 12 fully saturated rings. The average molecular weight is 1910 g/mol.